The van der Waals surface area contributed by atoms with Crippen LogP contribution in [-0.2, 0) is 6.18 Å². The summed E-state index contributed by atoms with van der Waals surface area (Å²) in [6, 6.07) is 15.5. The van der Waals surface area contributed by atoms with Crippen LogP contribution in [0.5, 0.6) is 0 Å². The fourth-order valence-corrected chi connectivity index (χ4v) is 4.31. The Morgan fingerprint density at radius 3 is 2.22 bits per heavy atom. The third-order valence-corrected chi connectivity index (χ3v) is 6.21. The van der Waals surface area contributed by atoms with Gasteiger partial charge in [-0.1, -0.05) is 41.6 Å². The maximum atomic E-state index is 13.5. The smallest absolute Gasteiger partial charge is 0.335 e. The van der Waals surface area contributed by atoms with E-state index in [0.29, 0.717) is 22.3 Å². The monoisotopic (exact) mass is 494 g/mol. The summed E-state index contributed by atoms with van der Waals surface area (Å²) >= 11 is 0. The van der Waals surface area contributed by atoms with Gasteiger partial charge in [-0.25, -0.2) is 4.98 Å². The topological polar surface area (TPSA) is 79.5 Å². The van der Waals surface area contributed by atoms with Crippen molar-refractivity contribution in [1.82, 2.24) is 19.9 Å². The molecule has 2 amide bonds. The summed E-state index contributed by atoms with van der Waals surface area (Å²) in [5.74, 6) is -0.752. The quantitative estimate of drug-likeness (QED) is 0.408. The SMILES string of the molecule is Cc1noc2nc(-c3ccccc3)cc(C(=O)N3CCN(C(=O)c4cccc(C(F)(F)F)c4)CC3)c12. The van der Waals surface area contributed by atoms with Crippen LogP contribution in [0.4, 0.5) is 13.2 Å². The van der Waals surface area contributed by atoms with E-state index in [-0.39, 0.29) is 43.4 Å². The fraction of sp³-hybridized carbons (Fsp3) is 0.231. The number of carbonyl (C=O) groups is 2. The zero-order chi connectivity index (χ0) is 25.4. The average molecular weight is 494 g/mol. The number of benzene rings is 2. The van der Waals surface area contributed by atoms with E-state index in [9.17, 15) is 22.8 Å². The number of aryl methyl sites for hydroxylation is 1. The number of hydrogen-bond acceptors (Lipinski definition) is 5. The fourth-order valence-electron chi connectivity index (χ4n) is 4.31. The highest BCUT2D eigenvalue weighted by Crippen LogP contribution is 2.30. The standard InChI is InChI=1S/C26H21F3N4O3/c1-16-22-20(15-21(30-23(22)36-31-16)17-6-3-2-4-7-17)25(35)33-12-10-32(11-13-33)24(34)18-8-5-9-19(14-18)26(27,28)29/h2-9,14-15H,10-13H2,1H3. The summed E-state index contributed by atoms with van der Waals surface area (Å²) in [7, 11) is 0. The molecule has 0 atom stereocenters. The van der Waals surface area contributed by atoms with Crippen molar-refractivity contribution in [1.29, 1.82) is 0 Å². The van der Waals surface area contributed by atoms with E-state index in [0.717, 1.165) is 17.7 Å². The summed E-state index contributed by atoms with van der Waals surface area (Å²) in [5, 5.41) is 4.50. The number of nitrogens with zero attached hydrogens (tertiary/aromatic N) is 4. The van der Waals surface area contributed by atoms with Crippen LogP contribution in [0.3, 0.4) is 0 Å². The minimum atomic E-state index is -4.53. The summed E-state index contributed by atoms with van der Waals surface area (Å²) in [4.78, 5) is 34.0. The largest absolute Gasteiger partial charge is 0.416 e. The Morgan fingerprint density at radius 2 is 1.56 bits per heavy atom. The van der Waals surface area contributed by atoms with Crippen LogP contribution in [0.2, 0.25) is 0 Å². The first-order chi connectivity index (χ1) is 17.2. The zero-order valence-electron chi connectivity index (χ0n) is 19.2. The van der Waals surface area contributed by atoms with Crippen molar-refractivity contribution in [2.45, 2.75) is 13.1 Å². The predicted octanol–water partition coefficient (Wildman–Crippen LogP) is 4.82. The molecule has 0 radical (unpaired) electrons. The van der Waals surface area contributed by atoms with Crippen molar-refractivity contribution in [2.24, 2.45) is 0 Å². The summed E-state index contributed by atoms with van der Waals surface area (Å²) in [5.41, 5.74) is 1.68. The van der Waals surface area contributed by atoms with E-state index in [1.165, 1.54) is 17.0 Å². The van der Waals surface area contributed by atoms with Gasteiger partial charge in [-0.3, -0.25) is 9.59 Å². The lowest BCUT2D eigenvalue weighted by Crippen LogP contribution is -2.50. The lowest BCUT2D eigenvalue weighted by Gasteiger charge is -2.35. The Morgan fingerprint density at radius 1 is 0.889 bits per heavy atom. The number of aromatic nitrogens is 2. The van der Waals surface area contributed by atoms with Gasteiger partial charge >= 0.3 is 6.18 Å². The molecule has 1 saturated heterocycles. The number of carbonyl (C=O) groups excluding carboxylic acids is 2. The third-order valence-electron chi connectivity index (χ3n) is 6.21. The first-order valence-electron chi connectivity index (χ1n) is 11.3. The molecule has 3 heterocycles. The van der Waals surface area contributed by atoms with Gasteiger partial charge < -0.3 is 14.3 Å². The van der Waals surface area contributed by atoms with Crippen LogP contribution in [0.1, 0.15) is 32.0 Å². The van der Waals surface area contributed by atoms with E-state index in [1.807, 2.05) is 30.3 Å². The molecule has 1 aliphatic heterocycles. The molecule has 4 aromatic rings. The number of pyridine rings is 1. The minimum absolute atomic E-state index is 0.0342. The molecule has 7 nitrogen and oxygen atoms in total. The first-order valence-corrected chi connectivity index (χ1v) is 11.3. The summed E-state index contributed by atoms with van der Waals surface area (Å²) < 4.78 is 44.5. The van der Waals surface area contributed by atoms with E-state index >= 15 is 0 Å². The van der Waals surface area contributed by atoms with Crippen molar-refractivity contribution < 1.29 is 27.3 Å². The molecular formula is C26H21F3N4O3. The maximum absolute atomic E-state index is 13.5. The van der Waals surface area contributed by atoms with Crippen molar-refractivity contribution in [2.75, 3.05) is 26.2 Å². The minimum Gasteiger partial charge on any atom is -0.335 e. The van der Waals surface area contributed by atoms with Gasteiger partial charge in [-0.2, -0.15) is 13.2 Å². The van der Waals surface area contributed by atoms with Crippen molar-refractivity contribution in [3.8, 4) is 11.3 Å². The van der Waals surface area contributed by atoms with Crippen LogP contribution in [0.25, 0.3) is 22.4 Å². The van der Waals surface area contributed by atoms with Crippen LogP contribution in [-0.4, -0.2) is 57.9 Å². The number of halogens is 3. The van der Waals surface area contributed by atoms with Gasteiger partial charge in [-0.05, 0) is 31.2 Å². The highest BCUT2D eigenvalue weighted by Gasteiger charge is 2.32. The molecule has 0 aliphatic carbocycles. The highest BCUT2D eigenvalue weighted by atomic mass is 19.4. The number of hydrogen-bond donors (Lipinski definition) is 0. The first kappa shape index (κ1) is 23.5. The molecule has 0 N–H and O–H groups in total. The van der Waals surface area contributed by atoms with Gasteiger partial charge in [0.25, 0.3) is 17.5 Å². The average Bonchev–Trinajstić information content (AvgIpc) is 3.28. The van der Waals surface area contributed by atoms with Gasteiger partial charge in [0, 0.05) is 37.3 Å². The Balaban J connectivity index is 1.36. The van der Waals surface area contributed by atoms with Gasteiger partial charge in [0.15, 0.2) is 0 Å². The zero-order valence-corrected chi connectivity index (χ0v) is 19.2. The van der Waals surface area contributed by atoms with E-state index < -0.39 is 17.6 Å². The molecule has 2 aromatic heterocycles. The normalized spacial score (nSPS) is 14.3. The Labute approximate surface area is 204 Å². The van der Waals surface area contributed by atoms with E-state index in [2.05, 4.69) is 10.1 Å². The van der Waals surface area contributed by atoms with Crippen molar-refractivity contribution >= 4 is 22.9 Å². The molecule has 0 unspecified atom stereocenters. The molecule has 1 aliphatic rings. The molecule has 0 saturated carbocycles. The summed E-state index contributed by atoms with van der Waals surface area (Å²) in [6.07, 6.45) is -4.53. The lowest BCUT2D eigenvalue weighted by molar-refractivity contribution is -0.137. The second kappa shape index (κ2) is 9.10. The second-order valence-electron chi connectivity index (χ2n) is 8.53. The second-order valence-corrected chi connectivity index (χ2v) is 8.53. The van der Waals surface area contributed by atoms with Crippen molar-refractivity contribution in [3.05, 3.63) is 83.0 Å². The molecular weight excluding hydrogens is 473 g/mol. The summed E-state index contributed by atoms with van der Waals surface area (Å²) in [6.45, 7) is 2.60. The van der Waals surface area contributed by atoms with Crippen LogP contribution in [0, 0.1) is 6.92 Å². The predicted molar refractivity (Wildman–Crippen MR) is 125 cm³/mol. The molecule has 36 heavy (non-hydrogen) atoms. The lowest BCUT2D eigenvalue weighted by atomic mass is 10.0. The molecule has 1 fully saturated rings. The molecule has 0 spiro atoms. The maximum Gasteiger partial charge on any atom is 0.416 e. The third kappa shape index (κ3) is 4.41. The molecule has 5 rings (SSSR count). The number of piperazine rings is 1. The van der Waals surface area contributed by atoms with Crippen molar-refractivity contribution in [3.63, 3.8) is 0 Å². The Kier molecular flexibility index (Phi) is 5.95. The molecule has 184 valence electrons. The Hall–Kier alpha value is -4.21. The van der Waals surface area contributed by atoms with E-state index in [4.69, 9.17) is 4.52 Å². The highest BCUT2D eigenvalue weighted by molar-refractivity contribution is 6.07. The van der Waals surface area contributed by atoms with Crippen LogP contribution in [0.15, 0.2) is 65.2 Å². The molecule has 2 aromatic carbocycles. The van der Waals surface area contributed by atoms with Gasteiger partial charge in [-0.15, -0.1) is 0 Å². The van der Waals surface area contributed by atoms with Crippen LogP contribution < -0.4 is 0 Å². The van der Waals surface area contributed by atoms with Gasteiger partial charge in [0.2, 0.25) is 0 Å². The molecule has 0 bridgehead atoms. The van der Waals surface area contributed by atoms with Gasteiger partial charge in [0.05, 0.1) is 27.9 Å². The number of amides is 2. The van der Waals surface area contributed by atoms with Gasteiger partial charge in [0.1, 0.15) is 0 Å². The Bertz CT molecular complexity index is 1440. The van der Waals surface area contributed by atoms with Crippen LogP contribution >= 0.6 is 0 Å². The number of alkyl halides is 3. The van der Waals surface area contributed by atoms with E-state index in [1.54, 1.807) is 17.9 Å². The number of fused-ring (bicyclic) bond motifs is 1. The number of rotatable bonds is 3. The molecule has 10 heteroatoms.